The van der Waals surface area contributed by atoms with Gasteiger partial charge in [0.15, 0.2) is 0 Å². The molecule has 0 aromatic heterocycles. The van der Waals surface area contributed by atoms with Crippen LogP contribution < -0.4 is 5.73 Å². The summed E-state index contributed by atoms with van der Waals surface area (Å²) in [5.41, 5.74) is 4.04. The fourth-order valence-electron chi connectivity index (χ4n) is 0.723. The number of hydrogen-bond donors (Lipinski definition) is 1. The van der Waals surface area contributed by atoms with Gasteiger partial charge in [-0.1, -0.05) is 24.8 Å². The first kappa shape index (κ1) is 20.2. The maximum atomic E-state index is 10.0. The van der Waals surface area contributed by atoms with Gasteiger partial charge in [0.1, 0.15) is 6.29 Å². The van der Waals surface area contributed by atoms with Crippen molar-refractivity contribution in [2.24, 2.45) is 5.73 Å². The molecule has 0 aliphatic heterocycles. The number of carbonyl (C=O) groups is 1. The number of carbonyl (C=O) groups excluding carboxylic acids is 2. The van der Waals surface area contributed by atoms with Gasteiger partial charge in [0.25, 0.3) is 0 Å². The van der Waals surface area contributed by atoms with E-state index >= 15 is 0 Å². The van der Waals surface area contributed by atoms with Crippen LogP contribution in [0, 0.1) is 0 Å². The Bertz CT molecular complexity index is 253. The van der Waals surface area contributed by atoms with E-state index in [9.17, 15) is 4.79 Å². The van der Waals surface area contributed by atoms with Crippen LogP contribution in [0.4, 0.5) is 0 Å². The number of thioether (sulfide) groups is 1. The Morgan fingerprint density at radius 1 is 1.53 bits per heavy atom. The van der Waals surface area contributed by atoms with Crippen molar-refractivity contribution in [3.05, 3.63) is 35.8 Å². The molecule has 0 heterocycles. The quantitative estimate of drug-likeness (QED) is 0.193. The van der Waals surface area contributed by atoms with Crippen molar-refractivity contribution in [2.45, 2.75) is 19.8 Å². The number of unbranched alkanes of at least 4 members (excludes halogenated alkanes) is 1. The normalized spacial score (nSPS) is 9.82. The largest absolute Gasteiger partial charge is 0.543 e. The summed E-state index contributed by atoms with van der Waals surface area (Å²) < 4.78 is 0. The van der Waals surface area contributed by atoms with Gasteiger partial charge in [-0.25, -0.2) is 0 Å². The number of aldehydes is 1. The molecule has 0 unspecified atom stereocenters. The maximum Gasteiger partial charge on any atom is 0.120 e. The Labute approximate surface area is 101 Å². The van der Waals surface area contributed by atoms with E-state index in [1.165, 1.54) is 0 Å². The van der Waals surface area contributed by atoms with Crippen LogP contribution in [0.1, 0.15) is 19.8 Å². The summed E-state index contributed by atoms with van der Waals surface area (Å²) in [6.45, 7) is 5.70. The molecule has 0 spiro atoms. The van der Waals surface area contributed by atoms with Gasteiger partial charge in [-0.15, -0.1) is 11.8 Å². The van der Waals surface area contributed by atoms with Crippen LogP contribution in [0.2, 0.25) is 0 Å². The molecule has 0 aliphatic rings. The number of primary amides is 1. The van der Waals surface area contributed by atoms with Crippen LogP contribution >= 0.6 is 11.8 Å². The molecule has 0 atom stereocenters. The molecule has 0 saturated heterocycles. The number of rotatable bonds is 7. The van der Waals surface area contributed by atoms with Gasteiger partial charge in [0.2, 0.25) is 0 Å². The Hall–Kier alpha value is -2.29. The SMILES string of the molecule is C=C/C(=C\C=C/C)SCCCC=O.N[C-]=O.[Fm]. The average Bonchev–Trinajstić information content (AvgIpc) is 2.29. The van der Waals surface area contributed by atoms with Crippen molar-refractivity contribution < 1.29 is 9.59 Å². The second kappa shape index (κ2) is 19.3. The molecule has 0 fully saturated rings. The summed E-state index contributed by atoms with van der Waals surface area (Å²) in [5.74, 6) is 0.980. The van der Waals surface area contributed by atoms with E-state index in [1.807, 2.05) is 31.2 Å². The molecular formula is C12H18FmNO2S-. The molecule has 0 rings (SSSR count). The van der Waals surface area contributed by atoms with Crippen LogP contribution in [0.25, 0.3) is 0 Å². The average molecular weight is 497 g/mol. The monoisotopic (exact) mass is 497 g/mol. The van der Waals surface area contributed by atoms with Crippen molar-refractivity contribution in [1.29, 1.82) is 0 Å². The maximum absolute atomic E-state index is 10.0. The summed E-state index contributed by atoms with van der Waals surface area (Å²) >= 11 is 1.73. The standard InChI is InChI=1S/C11H16OS.CH2NO.Fm/c1-3-5-8-11(4-2)13-10-7-6-9-12;2-1-3;/h3-5,8-9H,2,6-7,10H2,1H3;(H2,2,3);/q;-1;/b5-3-,11-8+;;. The van der Waals surface area contributed by atoms with E-state index in [4.69, 9.17) is 4.79 Å². The zero-order valence-corrected chi connectivity index (χ0v) is 13.0. The van der Waals surface area contributed by atoms with Crippen LogP contribution in [-0.4, -0.2) is 18.4 Å². The fourth-order valence-corrected chi connectivity index (χ4v) is 1.56. The molecule has 2 N–H and O–H groups in total. The third-order valence-corrected chi connectivity index (χ3v) is 2.52. The van der Waals surface area contributed by atoms with Gasteiger partial charge in [-0.05, 0) is 25.2 Å². The van der Waals surface area contributed by atoms with Crippen LogP contribution in [0.3, 0.4) is 0 Å². The minimum atomic E-state index is 0. The van der Waals surface area contributed by atoms with E-state index in [0.29, 0.717) is 6.42 Å². The molecule has 5 heteroatoms. The number of hydrogen-bond acceptors (Lipinski definition) is 3. The first-order valence-electron chi connectivity index (χ1n) is 4.86. The molecule has 0 aliphatic carbocycles. The summed E-state index contributed by atoms with van der Waals surface area (Å²) in [5, 5.41) is 0. The van der Waals surface area contributed by atoms with Crippen molar-refractivity contribution in [3.63, 3.8) is 0 Å². The Morgan fingerprint density at radius 3 is 2.53 bits per heavy atom. The minimum absolute atomic E-state index is 0. The summed E-state index contributed by atoms with van der Waals surface area (Å²) in [4.78, 5) is 19.7. The Morgan fingerprint density at radius 2 is 2.12 bits per heavy atom. The van der Waals surface area contributed by atoms with Gasteiger partial charge in [-0.2, -0.15) is 6.41 Å². The zero-order valence-electron chi connectivity index (χ0n) is 9.81. The second-order valence-electron chi connectivity index (χ2n) is 2.57. The minimum Gasteiger partial charge on any atom is -0.543 e. The number of amides is 1. The first-order valence-corrected chi connectivity index (χ1v) is 5.84. The molecule has 0 bridgehead atoms. The van der Waals surface area contributed by atoms with Gasteiger partial charge in [0, 0.05) is 11.3 Å². The predicted octanol–water partition coefficient (Wildman–Crippen LogP) is 2.36. The van der Waals surface area contributed by atoms with E-state index in [0.717, 1.165) is 29.8 Å². The van der Waals surface area contributed by atoms with Gasteiger partial charge in [0.05, 0.1) is 0 Å². The van der Waals surface area contributed by atoms with Crippen molar-refractivity contribution in [2.75, 3.05) is 5.75 Å². The van der Waals surface area contributed by atoms with Crippen molar-refractivity contribution >= 4 is 24.5 Å². The number of nitrogens with two attached hydrogens (primary N) is 1. The smallest absolute Gasteiger partial charge is 0.120 e. The summed E-state index contributed by atoms with van der Waals surface area (Å²) in [6.07, 6.45) is 11.4. The molecular weight excluding hydrogens is 479 g/mol. The third-order valence-electron chi connectivity index (χ3n) is 1.39. The summed E-state index contributed by atoms with van der Waals surface area (Å²) in [7, 11) is 0. The number of allylic oxidation sites excluding steroid dienone is 4. The first-order chi connectivity index (χ1) is 7.76. The van der Waals surface area contributed by atoms with E-state index in [1.54, 1.807) is 11.8 Å². The predicted molar refractivity (Wildman–Crippen MR) is 70.7 cm³/mol. The molecule has 17 heavy (non-hydrogen) atoms. The zero-order chi connectivity index (χ0) is 12.6. The van der Waals surface area contributed by atoms with E-state index < -0.39 is 0 Å². The molecule has 0 aromatic carbocycles. The van der Waals surface area contributed by atoms with Crippen molar-refractivity contribution in [3.8, 4) is 0 Å². The van der Waals surface area contributed by atoms with Gasteiger partial charge >= 0.3 is 0 Å². The van der Waals surface area contributed by atoms with Gasteiger partial charge < -0.3 is 15.3 Å². The third kappa shape index (κ3) is 19.9. The molecule has 0 radical (unpaired) electrons. The van der Waals surface area contributed by atoms with Crippen LogP contribution in [-0.2, 0) is 9.59 Å². The van der Waals surface area contributed by atoms with Crippen LogP contribution in [0.5, 0.6) is 0 Å². The topological polar surface area (TPSA) is 60.2 Å². The summed E-state index contributed by atoms with van der Waals surface area (Å²) in [6, 6.07) is 0. The molecule has 0 aromatic rings. The second-order valence-corrected chi connectivity index (χ2v) is 3.74. The Balaban J connectivity index is -0.000000440. The fraction of sp³-hybridized carbons (Fsp3) is 0.333. The molecule has 0 saturated carbocycles. The van der Waals surface area contributed by atoms with E-state index in [2.05, 4.69) is 12.3 Å². The Kier molecular flexibility index (Phi) is 22.9. The van der Waals surface area contributed by atoms with Gasteiger partial charge in [-0.3, -0.25) is 0 Å². The van der Waals surface area contributed by atoms with Crippen LogP contribution in [0.15, 0.2) is 35.8 Å². The van der Waals surface area contributed by atoms with E-state index in [-0.39, 0.29) is 0 Å². The molecule has 1 amide bonds. The van der Waals surface area contributed by atoms with Crippen molar-refractivity contribution in [1.82, 2.24) is 0 Å². The molecule has 3 nitrogen and oxygen atoms in total. The molecule has 102 valence electrons.